The maximum atomic E-state index is 12.0. The van der Waals surface area contributed by atoms with Gasteiger partial charge in [-0.25, -0.2) is 8.42 Å². The highest BCUT2D eigenvalue weighted by molar-refractivity contribution is 7.91. The second-order valence-corrected chi connectivity index (χ2v) is 9.72. The fourth-order valence-electron chi connectivity index (χ4n) is 5.54. The molecule has 4 fully saturated rings. The molecular formula is C15H27NO2S. The first kappa shape index (κ1) is 13.9. The molecule has 0 aliphatic heterocycles. The van der Waals surface area contributed by atoms with Gasteiger partial charge in [0.1, 0.15) is 0 Å². The maximum absolute atomic E-state index is 12.0. The minimum atomic E-state index is -2.89. The van der Waals surface area contributed by atoms with Crippen LogP contribution in [0.2, 0.25) is 0 Å². The molecule has 1 N–H and O–H groups in total. The Labute approximate surface area is 117 Å². The van der Waals surface area contributed by atoms with Gasteiger partial charge in [0, 0.05) is 11.8 Å². The molecule has 1 unspecified atom stereocenters. The summed E-state index contributed by atoms with van der Waals surface area (Å²) in [5, 5.41) is 3.37. The predicted molar refractivity (Wildman–Crippen MR) is 77.8 cm³/mol. The van der Waals surface area contributed by atoms with Crippen LogP contribution in [-0.4, -0.2) is 33.0 Å². The van der Waals surface area contributed by atoms with Gasteiger partial charge < -0.3 is 5.32 Å². The highest BCUT2D eigenvalue weighted by atomic mass is 32.2. The van der Waals surface area contributed by atoms with Crippen molar-refractivity contribution in [1.82, 2.24) is 5.32 Å². The quantitative estimate of drug-likeness (QED) is 0.842. The third-order valence-corrected chi connectivity index (χ3v) is 7.75. The van der Waals surface area contributed by atoms with Crippen molar-refractivity contribution >= 4 is 9.84 Å². The predicted octanol–water partition coefficient (Wildman–Crippen LogP) is 2.23. The molecule has 4 heteroatoms. The second kappa shape index (κ2) is 4.73. The van der Waals surface area contributed by atoms with Gasteiger partial charge in [-0.05, 0) is 68.7 Å². The fraction of sp³-hybridized carbons (Fsp3) is 1.00. The van der Waals surface area contributed by atoms with Crippen LogP contribution in [0.25, 0.3) is 0 Å². The molecule has 0 aromatic carbocycles. The van der Waals surface area contributed by atoms with Crippen LogP contribution in [0.3, 0.4) is 0 Å². The maximum Gasteiger partial charge on any atom is 0.151 e. The Kier molecular flexibility index (Phi) is 3.45. The van der Waals surface area contributed by atoms with Crippen molar-refractivity contribution in [1.29, 1.82) is 0 Å². The Morgan fingerprint density at radius 2 is 1.58 bits per heavy atom. The zero-order valence-corrected chi connectivity index (χ0v) is 13.0. The molecule has 4 aliphatic rings. The van der Waals surface area contributed by atoms with Crippen molar-refractivity contribution in [3.8, 4) is 0 Å². The summed E-state index contributed by atoms with van der Waals surface area (Å²) in [5.41, 5.74) is 0.283. The monoisotopic (exact) mass is 285 g/mol. The van der Waals surface area contributed by atoms with Crippen LogP contribution in [0.1, 0.15) is 45.4 Å². The van der Waals surface area contributed by atoms with Gasteiger partial charge in [-0.2, -0.15) is 0 Å². The number of nitrogens with one attached hydrogen (secondary N) is 1. The highest BCUT2D eigenvalue weighted by Gasteiger charge is 2.54. The lowest BCUT2D eigenvalue weighted by Gasteiger charge is -2.59. The van der Waals surface area contributed by atoms with E-state index in [1.54, 1.807) is 6.92 Å². The zero-order valence-electron chi connectivity index (χ0n) is 12.2. The van der Waals surface area contributed by atoms with Gasteiger partial charge in [0.15, 0.2) is 9.84 Å². The summed E-state index contributed by atoms with van der Waals surface area (Å²) < 4.78 is 24.0. The Hall–Kier alpha value is -0.0900. The third kappa shape index (κ3) is 2.46. The van der Waals surface area contributed by atoms with Crippen LogP contribution in [0.4, 0.5) is 0 Å². The van der Waals surface area contributed by atoms with Crippen molar-refractivity contribution in [2.45, 2.75) is 51.5 Å². The van der Waals surface area contributed by atoms with E-state index < -0.39 is 9.84 Å². The number of hydrogen-bond acceptors (Lipinski definition) is 3. The lowest BCUT2D eigenvalue weighted by atomic mass is 9.48. The average molecular weight is 285 g/mol. The summed E-state index contributed by atoms with van der Waals surface area (Å²) in [6.45, 7) is 1.77. The molecule has 0 spiro atoms. The Balaban J connectivity index is 1.83. The van der Waals surface area contributed by atoms with Crippen LogP contribution < -0.4 is 5.32 Å². The Morgan fingerprint density at radius 3 is 1.95 bits per heavy atom. The van der Waals surface area contributed by atoms with Crippen molar-refractivity contribution < 1.29 is 8.42 Å². The van der Waals surface area contributed by atoms with Crippen LogP contribution in [0, 0.1) is 23.2 Å². The average Bonchev–Trinajstić information content (AvgIpc) is 2.34. The van der Waals surface area contributed by atoms with Gasteiger partial charge in [0.05, 0.1) is 5.75 Å². The summed E-state index contributed by atoms with van der Waals surface area (Å²) in [4.78, 5) is 0. The van der Waals surface area contributed by atoms with E-state index in [4.69, 9.17) is 0 Å². The van der Waals surface area contributed by atoms with Gasteiger partial charge in [0.2, 0.25) is 0 Å². The molecule has 0 radical (unpaired) electrons. The molecule has 3 nitrogen and oxygen atoms in total. The van der Waals surface area contributed by atoms with Crippen molar-refractivity contribution in [2.75, 3.05) is 18.6 Å². The van der Waals surface area contributed by atoms with Crippen molar-refractivity contribution in [2.24, 2.45) is 23.2 Å². The summed E-state index contributed by atoms with van der Waals surface area (Å²) in [6, 6.07) is 0.172. The second-order valence-electron chi connectivity index (χ2n) is 7.32. The minimum Gasteiger partial charge on any atom is -0.315 e. The lowest BCUT2D eigenvalue weighted by Crippen LogP contribution is -2.57. The normalized spacial score (nSPS) is 42.5. The smallest absolute Gasteiger partial charge is 0.151 e. The summed E-state index contributed by atoms with van der Waals surface area (Å²) in [5.74, 6) is 3.26. The van der Waals surface area contributed by atoms with E-state index in [0.717, 1.165) is 17.8 Å². The molecule has 4 saturated carbocycles. The molecule has 4 rings (SSSR count). The first-order chi connectivity index (χ1) is 8.96. The standard InChI is InChI=1S/C15H27NO2S/c1-3-19(17,18)10-14(16-2)15-7-11-4-12(8-15)6-13(5-11)9-15/h11-14,16H,3-10H2,1-2H3. The van der Waals surface area contributed by atoms with E-state index in [-0.39, 0.29) is 17.2 Å². The summed E-state index contributed by atoms with van der Waals surface area (Å²) in [6.07, 6.45) is 8.04. The molecule has 4 bridgehead atoms. The molecule has 0 saturated heterocycles. The van der Waals surface area contributed by atoms with E-state index in [0.29, 0.717) is 5.75 Å². The third-order valence-electron chi connectivity index (χ3n) is 6.03. The molecule has 110 valence electrons. The van der Waals surface area contributed by atoms with E-state index in [9.17, 15) is 8.42 Å². The van der Waals surface area contributed by atoms with Crippen LogP contribution in [-0.2, 0) is 9.84 Å². The van der Waals surface area contributed by atoms with Gasteiger partial charge in [-0.3, -0.25) is 0 Å². The molecule has 0 amide bonds. The summed E-state index contributed by atoms with van der Waals surface area (Å²) in [7, 11) is -0.934. The van der Waals surface area contributed by atoms with E-state index in [2.05, 4.69) is 5.32 Å². The molecule has 4 aliphatic carbocycles. The lowest BCUT2D eigenvalue weighted by molar-refractivity contribution is -0.0684. The van der Waals surface area contributed by atoms with Crippen molar-refractivity contribution in [3.63, 3.8) is 0 Å². The highest BCUT2D eigenvalue weighted by Crippen LogP contribution is 2.61. The van der Waals surface area contributed by atoms with E-state index >= 15 is 0 Å². The van der Waals surface area contributed by atoms with E-state index in [1.807, 2.05) is 7.05 Å². The van der Waals surface area contributed by atoms with Gasteiger partial charge in [0.25, 0.3) is 0 Å². The first-order valence-corrected chi connectivity index (χ1v) is 9.66. The van der Waals surface area contributed by atoms with Crippen molar-refractivity contribution in [3.05, 3.63) is 0 Å². The largest absolute Gasteiger partial charge is 0.315 e. The zero-order chi connectivity index (χ0) is 13.7. The molecular weight excluding hydrogens is 258 g/mol. The SMILES string of the molecule is CCS(=O)(=O)CC(NC)C12CC3CC(CC(C3)C1)C2. The number of rotatable bonds is 5. The Bertz CT molecular complexity index is 408. The Morgan fingerprint density at radius 1 is 1.11 bits per heavy atom. The topological polar surface area (TPSA) is 46.2 Å². The molecule has 0 heterocycles. The molecule has 0 aromatic rings. The molecule has 0 aromatic heterocycles. The van der Waals surface area contributed by atoms with E-state index in [1.165, 1.54) is 38.5 Å². The minimum absolute atomic E-state index is 0.172. The molecule has 19 heavy (non-hydrogen) atoms. The van der Waals surface area contributed by atoms with Crippen LogP contribution in [0.15, 0.2) is 0 Å². The fourth-order valence-corrected chi connectivity index (χ4v) is 6.81. The van der Waals surface area contributed by atoms with Crippen LogP contribution >= 0.6 is 0 Å². The number of hydrogen-bond donors (Lipinski definition) is 1. The van der Waals surface area contributed by atoms with Gasteiger partial charge in [-0.15, -0.1) is 0 Å². The van der Waals surface area contributed by atoms with Crippen LogP contribution in [0.5, 0.6) is 0 Å². The van der Waals surface area contributed by atoms with Gasteiger partial charge in [-0.1, -0.05) is 6.92 Å². The first-order valence-electron chi connectivity index (χ1n) is 7.84. The number of sulfone groups is 1. The molecule has 1 atom stereocenters. The summed E-state index contributed by atoms with van der Waals surface area (Å²) >= 11 is 0. The van der Waals surface area contributed by atoms with Gasteiger partial charge >= 0.3 is 0 Å².